The summed E-state index contributed by atoms with van der Waals surface area (Å²) in [6, 6.07) is 0. The van der Waals surface area contributed by atoms with Crippen molar-refractivity contribution in [3.63, 3.8) is 0 Å². The van der Waals surface area contributed by atoms with E-state index in [4.69, 9.17) is 14.7 Å². The summed E-state index contributed by atoms with van der Waals surface area (Å²) in [5.41, 5.74) is 2.43. The number of hydrogen-bond donors (Lipinski definition) is 1. The molecule has 0 radical (unpaired) electrons. The molecule has 3 aliphatic heterocycles. The fourth-order valence-electron chi connectivity index (χ4n) is 4.49. The Morgan fingerprint density at radius 2 is 2.04 bits per heavy atom. The van der Waals surface area contributed by atoms with Crippen LogP contribution < -0.4 is 5.32 Å². The molecule has 3 aliphatic rings. The molecule has 1 N–H and O–H groups in total. The predicted molar refractivity (Wildman–Crippen MR) is 104 cm³/mol. The van der Waals surface area contributed by atoms with Gasteiger partial charge in [-0.3, -0.25) is 4.79 Å². The minimum absolute atomic E-state index is 0.134. The number of amides is 1. The lowest BCUT2D eigenvalue weighted by molar-refractivity contribution is -0.134. The van der Waals surface area contributed by atoms with Crippen LogP contribution in [0.4, 0.5) is 5.82 Å². The monoisotopic (exact) mass is 373 g/mol. The summed E-state index contributed by atoms with van der Waals surface area (Å²) in [4.78, 5) is 26.6. The van der Waals surface area contributed by atoms with Crippen molar-refractivity contribution in [1.29, 1.82) is 0 Å². The van der Waals surface area contributed by atoms with E-state index >= 15 is 0 Å². The van der Waals surface area contributed by atoms with Crippen molar-refractivity contribution < 1.29 is 9.53 Å². The lowest BCUT2D eigenvalue weighted by Crippen LogP contribution is -2.39. The Hall–Kier alpha value is -1.73. The molecule has 4 heterocycles. The van der Waals surface area contributed by atoms with E-state index in [1.807, 2.05) is 11.9 Å². The van der Waals surface area contributed by atoms with Crippen LogP contribution in [0, 0.1) is 0 Å². The number of anilines is 1. The van der Waals surface area contributed by atoms with Crippen LogP contribution in [0.5, 0.6) is 0 Å². The predicted octanol–water partition coefficient (Wildman–Crippen LogP) is 1.78. The average Bonchev–Trinajstić information content (AvgIpc) is 3.20. The van der Waals surface area contributed by atoms with Crippen molar-refractivity contribution >= 4 is 11.7 Å². The Balaban J connectivity index is 1.40. The van der Waals surface area contributed by atoms with Crippen molar-refractivity contribution in [3.05, 3.63) is 17.1 Å². The highest BCUT2D eigenvalue weighted by molar-refractivity contribution is 5.76. The summed E-state index contributed by atoms with van der Waals surface area (Å²) in [5.74, 6) is 2.50. The van der Waals surface area contributed by atoms with Crippen LogP contribution in [-0.2, 0) is 22.5 Å². The maximum Gasteiger partial charge on any atom is 0.225 e. The molecule has 148 valence electrons. The summed E-state index contributed by atoms with van der Waals surface area (Å²) in [7, 11) is 4.08. The summed E-state index contributed by atoms with van der Waals surface area (Å²) in [5, 5.41) is 3.27. The summed E-state index contributed by atoms with van der Waals surface area (Å²) in [6.45, 7) is 4.34. The highest BCUT2D eigenvalue weighted by atomic mass is 16.5. The number of piperidine rings is 1. The van der Waals surface area contributed by atoms with Crippen molar-refractivity contribution in [1.82, 2.24) is 19.8 Å². The first kappa shape index (κ1) is 18.6. The Morgan fingerprint density at radius 3 is 2.74 bits per heavy atom. The summed E-state index contributed by atoms with van der Waals surface area (Å²) < 4.78 is 5.61. The lowest BCUT2D eigenvalue weighted by atomic mass is 9.94. The van der Waals surface area contributed by atoms with Gasteiger partial charge < -0.3 is 19.9 Å². The quantitative estimate of drug-likeness (QED) is 0.868. The zero-order chi connectivity index (χ0) is 18.8. The molecule has 0 spiro atoms. The molecule has 0 saturated carbocycles. The third kappa shape index (κ3) is 4.09. The normalized spacial score (nSPS) is 24.1. The third-order valence-corrected chi connectivity index (χ3v) is 6.15. The number of hydrogen-bond acceptors (Lipinski definition) is 6. The Bertz CT molecular complexity index is 681. The van der Waals surface area contributed by atoms with Gasteiger partial charge in [0.05, 0.1) is 18.2 Å². The second-order valence-corrected chi connectivity index (χ2v) is 8.09. The standard InChI is InChI=1S/C20H31N5O2/c1-21-20-16-7-8-24(2)13-17(16)22-19(23-20)14-5-9-25(10-6-14)18(26)12-15-4-3-11-27-15/h14-15H,3-13H2,1-2H3,(H,21,22,23)/t15-/m1/s1. The van der Waals surface area contributed by atoms with Crippen LogP contribution in [0.15, 0.2) is 0 Å². The van der Waals surface area contributed by atoms with Gasteiger partial charge >= 0.3 is 0 Å². The van der Waals surface area contributed by atoms with Gasteiger partial charge in [0.25, 0.3) is 0 Å². The highest BCUT2D eigenvalue weighted by Gasteiger charge is 2.29. The van der Waals surface area contributed by atoms with Gasteiger partial charge in [0.15, 0.2) is 0 Å². The van der Waals surface area contributed by atoms with E-state index in [0.717, 1.165) is 82.2 Å². The first-order valence-electron chi connectivity index (χ1n) is 10.3. The van der Waals surface area contributed by atoms with Gasteiger partial charge in [0, 0.05) is 51.3 Å². The fraction of sp³-hybridized carbons (Fsp3) is 0.750. The van der Waals surface area contributed by atoms with Gasteiger partial charge in [-0.1, -0.05) is 0 Å². The van der Waals surface area contributed by atoms with E-state index in [2.05, 4.69) is 17.3 Å². The molecule has 1 atom stereocenters. The van der Waals surface area contributed by atoms with Gasteiger partial charge in [0.1, 0.15) is 11.6 Å². The molecule has 27 heavy (non-hydrogen) atoms. The largest absolute Gasteiger partial charge is 0.378 e. The molecule has 4 rings (SSSR count). The number of ether oxygens (including phenoxy) is 1. The van der Waals surface area contributed by atoms with Gasteiger partial charge in [-0.2, -0.15) is 0 Å². The molecular weight excluding hydrogens is 342 g/mol. The second-order valence-electron chi connectivity index (χ2n) is 8.09. The van der Waals surface area contributed by atoms with Crippen molar-refractivity contribution in [2.45, 2.75) is 57.1 Å². The molecule has 2 saturated heterocycles. The van der Waals surface area contributed by atoms with Gasteiger partial charge in [-0.25, -0.2) is 9.97 Å². The number of carbonyl (C=O) groups excluding carboxylic acids is 1. The van der Waals surface area contributed by atoms with E-state index in [1.54, 1.807) is 0 Å². The maximum atomic E-state index is 12.5. The third-order valence-electron chi connectivity index (χ3n) is 6.15. The summed E-state index contributed by atoms with van der Waals surface area (Å²) >= 11 is 0. The molecule has 1 amide bonds. The number of nitrogens with one attached hydrogen (secondary N) is 1. The van der Waals surface area contributed by atoms with Crippen molar-refractivity contribution in [2.24, 2.45) is 0 Å². The summed E-state index contributed by atoms with van der Waals surface area (Å²) in [6.07, 6.45) is 5.65. The van der Waals surface area contributed by atoms with E-state index in [9.17, 15) is 4.79 Å². The lowest BCUT2D eigenvalue weighted by Gasteiger charge is -2.33. The Labute approximate surface area is 161 Å². The molecule has 2 fully saturated rings. The number of likely N-dealkylation sites (tertiary alicyclic amines) is 1. The van der Waals surface area contributed by atoms with Gasteiger partial charge in [-0.05, 0) is 39.2 Å². The van der Waals surface area contributed by atoms with Crippen molar-refractivity contribution in [3.8, 4) is 0 Å². The molecular formula is C20H31N5O2. The minimum Gasteiger partial charge on any atom is -0.378 e. The van der Waals surface area contributed by atoms with Crippen molar-refractivity contribution in [2.75, 3.05) is 45.7 Å². The van der Waals surface area contributed by atoms with Gasteiger partial charge in [0.2, 0.25) is 5.91 Å². The topological polar surface area (TPSA) is 70.6 Å². The Morgan fingerprint density at radius 1 is 1.22 bits per heavy atom. The first-order chi connectivity index (χ1) is 13.1. The Kier molecular flexibility index (Phi) is 5.59. The smallest absolute Gasteiger partial charge is 0.225 e. The van der Waals surface area contributed by atoms with E-state index in [0.29, 0.717) is 12.3 Å². The number of nitrogens with zero attached hydrogens (tertiary/aromatic N) is 4. The van der Waals surface area contributed by atoms with Crippen LogP contribution in [-0.4, -0.2) is 72.1 Å². The van der Waals surface area contributed by atoms with Crippen LogP contribution in [0.3, 0.4) is 0 Å². The zero-order valence-corrected chi connectivity index (χ0v) is 16.5. The number of likely N-dealkylation sites (N-methyl/N-ethyl adjacent to an activating group) is 1. The highest BCUT2D eigenvalue weighted by Crippen LogP contribution is 2.30. The van der Waals surface area contributed by atoms with E-state index in [-0.39, 0.29) is 12.0 Å². The maximum absolute atomic E-state index is 12.5. The average molecular weight is 374 g/mol. The molecule has 0 unspecified atom stereocenters. The minimum atomic E-state index is 0.134. The fourth-order valence-corrected chi connectivity index (χ4v) is 4.49. The second kappa shape index (κ2) is 8.10. The molecule has 7 nitrogen and oxygen atoms in total. The van der Waals surface area contributed by atoms with Crippen LogP contribution >= 0.6 is 0 Å². The first-order valence-corrected chi connectivity index (χ1v) is 10.3. The number of fused-ring (bicyclic) bond motifs is 1. The van der Waals surface area contributed by atoms with Crippen LogP contribution in [0.2, 0.25) is 0 Å². The van der Waals surface area contributed by atoms with E-state index in [1.165, 1.54) is 5.56 Å². The number of aromatic nitrogens is 2. The number of carbonyl (C=O) groups is 1. The van der Waals surface area contributed by atoms with Crippen LogP contribution in [0.25, 0.3) is 0 Å². The molecule has 0 aliphatic carbocycles. The molecule has 1 aromatic rings. The number of rotatable bonds is 4. The SMILES string of the molecule is CNc1nc(C2CCN(C(=O)C[C@H]3CCCO3)CC2)nc2c1CCN(C)C2. The zero-order valence-electron chi connectivity index (χ0n) is 16.5. The van der Waals surface area contributed by atoms with Gasteiger partial charge in [-0.15, -0.1) is 0 Å². The molecule has 0 aromatic carbocycles. The van der Waals surface area contributed by atoms with Crippen LogP contribution in [0.1, 0.15) is 55.1 Å². The molecule has 1 aromatic heterocycles. The van der Waals surface area contributed by atoms with E-state index < -0.39 is 0 Å². The molecule has 0 bridgehead atoms. The molecule has 7 heteroatoms.